The second-order valence-corrected chi connectivity index (χ2v) is 3.35. The van der Waals surface area contributed by atoms with Gasteiger partial charge in [-0.1, -0.05) is 0 Å². The molecule has 0 bridgehead atoms. The standard InChI is InChI=1S/C7H8N2O2S/c8-4-1-5-12-9-6(10)2-3-7(9)11/h1-3,5H2. The highest BCUT2D eigenvalue weighted by Gasteiger charge is 2.28. The van der Waals surface area contributed by atoms with E-state index < -0.39 is 0 Å². The maximum absolute atomic E-state index is 11.0. The first kappa shape index (κ1) is 9.07. The van der Waals surface area contributed by atoms with Crippen LogP contribution in [0.5, 0.6) is 0 Å². The van der Waals surface area contributed by atoms with Gasteiger partial charge in [0.2, 0.25) is 11.8 Å². The normalized spacial score (nSPS) is 16.8. The van der Waals surface area contributed by atoms with E-state index in [2.05, 4.69) is 0 Å². The van der Waals surface area contributed by atoms with Crippen LogP contribution < -0.4 is 0 Å². The molecule has 1 heterocycles. The van der Waals surface area contributed by atoms with Gasteiger partial charge in [0.05, 0.1) is 6.07 Å². The quantitative estimate of drug-likeness (QED) is 0.368. The van der Waals surface area contributed by atoms with Gasteiger partial charge in [-0.3, -0.25) is 9.59 Å². The first-order chi connectivity index (χ1) is 5.75. The van der Waals surface area contributed by atoms with Crippen LogP contribution >= 0.6 is 11.9 Å². The Kier molecular flexibility index (Phi) is 3.11. The molecule has 1 saturated heterocycles. The average Bonchev–Trinajstić information content (AvgIpc) is 2.35. The zero-order chi connectivity index (χ0) is 8.97. The van der Waals surface area contributed by atoms with Gasteiger partial charge in [-0.25, -0.2) is 4.31 Å². The Morgan fingerprint density at radius 3 is 2.50 bits per heavy atom. The average molecular weight is 184 g/mol. The minimum atomic E-state index is -0.136. The van der Waals surface area contributed by atoms with Crippen LogP contribution in [0.2, 0.25) is 0 Å². The molecule has 64 valence electrons. The Labute approximate surface area is 74.7 Å². The summed E-state index contributed by atoms with van der Waals surface area (Å²) in [5.74, 6) is 0.236. The summed E-state index contributed by atoms with van der Waals surface area (Å²) >= 11 is 1.14. The molecule has 0 aromatic rings. The number of carbonyl (C=O) groups excluding carboxylic acids is 2. The summed E-state index contributed by atoms with van der Waals surface area (Å²) in [5.41, 5.74) is 0. The molecule has 0 unspecified atom stereocenters. The maximum atomic E-state index is 11.0. The number of hydrogen-bond donors (Lipinski definition) is 0. The van der Waals surface area contributed by atoms with Crippen molar-refractivity contribution >= 4 is 23.8 Å². The summed E-state index contributed by atoms with van der Waals surface area (Å²) in [6, 6.07) is 1.95. The fourth-order valence-corrected chi connectivity index (χ4v) is 1.72. The SMILES string of the molecule is N#CCCSN1C(=O)CCC1=O. The topological polar surface area (TPSA) is 61.2 Å². The Morgan fingerprint density at radius 1 is 1.42 bits per heavy atom. The lowest BCUT2D eigenvalue weighted by Crippen LogP contribution is -2.21. The third kappa shape index (κ3) is 1.98. The van der Waals surface area contributed by atoms with Crippen LogP contribution in [0.15, 0.2) is 0 Å². The van der Waals surface area contributed by atoms with Gasteiger partial charge in [-0.2, -0.15) is 5.26 Å². The van der Waals surface area contributed by atoms with Crippen LogP contribution in [0.1, 0.15) is 19.3 Å². The molecule has 1 fully saturated rings. The van der Waals surface area contributed by atoms with Crippen LogP contribution in [0.4, 0.5) is 0 Å². The molecule has 1 aliphatic rings. The molecular formula is C7H8N2O2S. The molecule has 2 amide bonds. The summed E-state index contributed by atoms with van der Waals surface area (Å²) in [4.78, 5) is 22.0. The Bertz CT molecular complexity index is 230. The van der Waals surface area contributed by atoms with E-state index in [4.69, 9.17) is 5.26 Å². The minimum absolute atomic E-state index is 0.136. The van der Waals surface area contributed by atoms with Crippen LogP contribution in [-0.2, 0) is 9.59 Å². The number of imide groups is 1. The van der Waals surface area contributed by atoms with E-state index >= 15 is 0 Å². The van der Waals surface area contributed by atoms with Crippen molar-refractivity contribution in [2.24, 2.45) is 0 Å². The summed E-state index contributed by atoms with van der Waals surface area (Å²) in [5, 5.41) is 8.22. The lowest BCUT2D eigenvalue weighted by atomic mass is 10.4. The van der Waals surface area contributed by atoms with Gasteiger partial charge in [0.1, 0.15) is 0 Å². The van der Waals surface area contributed by atoms with Gasteiger partial charge in [0, 0.05) is 25.0 Å². The molecule has 0 aromatic heterocycles. The van der Waals surface area contributed by atoms with Crippen molar-refractivity contribution in [3.8, 4) is 6.07 Å². The number of rotatable bonds is 3. The van der Waals surface area contributed by atoms with Gasteiger partial charge >= 0.3 is 0 Å². The number of nitrogens with zero attached hydrogens (tertiary/aromatic N) is 2. The lowest BCUT2D eigenvalue weighted by molar-refractivity contribution is -0.131. The van der Waals surface area contributed by atoms with E-state index in [9.17, 15) is 9.59 Å². The molecular weight excluding hydrogens is 176 g/mol. The molecule has 0 radical (unpaired) electrons. The van der Waals surface area contributed by atoms with E-state index in [0.29, 0.717) is 25.0 Å². The first-order valence-electron chi connectivity index (χ1n) is 3.61. The summed E-state index contributed by atoms with van der Waals surface area (Å²) < 4.78 is 1.16. The van der Waals surface area contributed by atoms with Crippen molar-refractivity contribution in [3.63, 3.8) is 0 Å². The van der Waals surface area contributed by atoms with Gasteiger partial charge in [-0.15, -0.1) is 0 Å². The number of nitriles is 1. The maximum Gasteiger partial charge on any atom is 0.239 e. The largest absolute Gasteiger partial charge is 0.273 e. The van der Waals surface area contributed by atoms with E-state index in [1.165, 1.54) is 0 Å². The van der Waals surface area contributed by atoms with Crippen molar-refractivity contribution in [1.29, 1.82) is 5.26 Å². The molecule has 0 atom stereocenters. The number of amides is 2. The zero-order valence-corrected chi connectivity index (χ0v) is 7.26. The second kappa shape index (κ2) is 4.12. The van der Waals surface area contributed by atoms with Crippen LogP contribution in [0.3, 0.4) is 0 Å². The molecule has 0 aromatic carbocycles. The molecule has 0 saturated carbocycles. The predicted molar refractivity (Wildman–Crippen MR) is 43.8 cm³/mol. The third-order valence-corrected chi connectivity index (χ3v) is 2.49. The summed E-state index contributed by atoms with van der Waals surface area (Å²) in [6.45, 7) is 0. The molecule has 4 nitrogen and oxygen atoms in total. The molecule has 1 aliphatic heterocycles. The minimum Gasteiger partial charge on any atom is -0.273 e. The van der Waals surface area contributed by atoms with Crippen LogP contribution in [0.25, 0.3) is 0 Å². The Morgan fingerprint density at radius 2 is 2.00 bits per heavy atom. The molecule has 0 spiro atoms. The lowest BCUT2D eigenvalue weighted by Gasteiger charge is -2.09. The van der Waals surface area contributed by atoms with Gasteiger partial charge in [0.25, 0.3) is 0 Å². The van der Waals surface area contributed by atoms with E-state index in [1.54, 1.807) is 0 Å². The third-order valence-electron chi connectivity index (χ3n) is 1.44. The van der Waals surface area contributed by atoms with Crippen molar-refractivity contribution in [2.45, 2.75) is 19.3 Å². The smallest absolute Gasteiger partial charge is 0.239 e. The van der Waals surface area contributed by atoms with Gasteiger partial charge in [0.15, 0.2) is 0 Å². The van der Waals surface area contributed by atoms with Gasteiger partial charge < -0.3 is 0 Å². The van der Waals surface area contributed by atoms with Crippen molar-refractivity contribution < 1.29 is 9.59 Å². The zero-order valence-electron chi connectivity index (χ0n) is 6.45. The number of carbonyl (C=O) groups is 2. The van der Waals surface area contributed by atoms with Crippen molar-refractivity contribution in [3.05, 3.63) is 0 Å². The Balaban J connectivity index is 2.36. The first-order valence-corrected chi connectivity index (χ1v) is 4.55. The van der Waals surface area contributed by atoms with E-state index in [-0.39, 0.29) is 11.8 Å². The van der Waals surface area contributed by atoms with E-state index in [1.807, 2.05) is 6.07 Å². The molecule has 5 heteroatoms. The van der Waals surface area contributed by atoms with Crippen molar-refractivity contribution in [2.75, 3.05) is 5.75 Å². The Hall–Kier alpha value is -1.02. The summed E-state index contributed by atoms with van der Waals surface area (Å²) in [7, 11) is 0. The fraction of sp³-hybridized carbons (Fsp3) is 0.571. The predicted octanol–water partition coefficient (Wildman–Crippen LogP) is 0.697. The highest BCUT2D eigenvalue weighted by molar-refractivity contribution is 7.98. The summed E-state index contributed by atoms with van der Waals surface area (Å²) in [6.07, 6.45) is 0.999. The fourth-order valence-electron chi connectivity index (χ4n) is 0.883. The highest BCUT2D eigenvalue weighted by Crippen LogP contribution is 2.21. The second-order valence-electron chi connectivity index (χ2n) is 2.32. The molecule has 0 aliphatic carbocycles. The van der Waals surface area contributed by atoms with Gasteiger partial charge in [-0.05, 0) is 11.9 Å². The molecule has 12 heavy (non-hydrogen) atoms. The monoisotopic (exact) mass is 184 g/mol. The molecule has 0 N–H and O–H groups in total. The van der Waals surface area contributed by atoms with Crippen molar-refractivity contribution in [1.82, 2.24) is 4.31 Å². The highest BCUT2D eigenvalue weighted by atomic mass is 32.2. The number of hydrogen-bond acceptors (Lipinski definition) is 4. The van der Waals surface area contributed by atoms with E-state index in [0.717, 1.165) is 16.3 Å². The molecule has 1 rings (SSSR count). The van der Waals surface area contributed by atoms with Crippen LogP contribution in [0, 0.1) is 11.3 Å². The van der Waals surface area contributed by atoms with Crippen LogP contribution in [-0.4, -0.2) is 21.9 Å².